The standard InChI is InChI=1S/C36H32N2O5/c1-42-36(41)33(38-35(40)27-18-16-25(17-19-27)11-10-24-12-14-26(22-37)15-13-24)20-21-34(39)43-23-32-30-8-4-2-6-28(30)29-7-3-5-9-31(29)32/h2-9,12-19,32-33H,20-23,37H2,1H3,(H,38,40)/t33-/m0/s1. The second-order valence-electron chi connectivity index (χ2n) is 10.2. The minimum atomic E-state index is -1.01. The summed E-state index contributed by atoms with van der Waals surface area (Å²) in [4.78, 5) is 38.1. The fourth-order valence-electron chi connectivity index (χ4n) is 5.16. The van der Waals surface area contributed by atoms with Crippen molar-refractivity contribution in [3.63, 3.8) is 0 Å². The third kappa shape index (κ3) is 7.00. The number of fused-ring (bicyclic) bond motifs is 3. The molecule has 0 saturated heterocycles. The molecule has 0 unspecified atom stereocenters. The summed E-state index contributed by atoms with van der Waals surface area (Å²) >= 11 is 0. The van der Waals surface area contributed by atoms with E-state index in [1.807, 2.05) is 48.5 Å². The molecule has 0 aromatic heterocycles. The molecule has 1 aliphatic rings. The normalized spacial score (nSPS) is 12.2. The molecular weight excluding hydrogens is 540 g/mol. The Morgan fingerprint density at radius 3 is 1.93 bits per heavy atom. The van der Waals surface area contributed by atoms with Gasteiger partial charge in [0.2, 0.25) is 0 Å². The Morgan fingerprint density at radius 1 is 0.814 bits per heavy atom. The molecule has 4 aromatic carbocycles. The van der Waals surface area contributed by atoms with Crippen LogP contribution in [0.25, 0.3) is 11.1 Å². The van der Waals surface area contributed by atoms with Gasteiger partial charge in [-0.3, -0.25) is 9.59 Å². The van der Waals surface area contributed by atoms with Crippen LogP contribution in [-0.4, -0.2) is 37.6 Å². The summed E-state index contributed by atoms with van der Waals surface area (Å²) in [7, 11) is 1.24. The Balaban J connectivity index is 1.16. The van der Waals surface area contributed by atoms with Crippen molar-refractivity contribution in [3.05, 3.63) is 130 Å². The highest BCUT2D eigenvalue weighted by molar-refractivity contribution is 5.97. The van der Waals surface area contributed by atoms with Crippen LogP contribution in [0, 0.1) is 11.8 Å². The van der Waals surface area contributed by atoms with Gasteiger partial charge >= 0.3 is 11.9 Å². The lowest BCUT2D eigenvalue weighted by molar-refractivity contribution is -0.145. The van der Waals surface area contributed by atoms with Crippen LogP contribution in [0.4, 0.5) is 0 Å². The monoisotopic (exact) mass is 572 g/mol. The fraction of sp³-hybridized carbons (Fsp3) is 0.194. The first-order chi connectivity index (χ1) is 21.0. The van der Waals surface area contributed by atoms with Crippen molar-refractivity contribution in [2.45, 2.75) is 31.3 Å². The minimum Gasteiger partial charge on any atom is -0.467 e. The summed E-state index contributed by atoms with van der Waals surface area (Å²) in [6.45, 7) is 0.667. The van der Waals surface area contributed by atoms with E-state index < -0.39 is 23.9 Å². The molecule has 0 radical (unpaired) electrons. The second-order valence-corrected chi connectivity index (χ2v) is 10.2. The molecule has 0 aliphatic heterocycles. The lowest BCUT2D eigenvalue weighted by Gasteiger charge is -2.17. The van der Waals surface area contributed by atoms with Gasteiger partial charge in [0.15, 0.2) is 0 Å². The number of esters is 2. The molecule has 1 amide bonds. The smallest absolute Gasteiger partial charge is 0.328 e. The zero-order valence-corrected chi connectivity index (χ0v) is 23.8. The summed E-state index contributed by atoms with van der Waals surface area (Å²) in [5.74, 6) is 4.55. The maximum atomic E-state index is 12.9. The average molecular weight is 573 g/mol. The van der Waals surface area contributed by atoms with E-state index in [9.17, 15) is 14.4 Å². The van der Waals surface area contributed by atoms with Gasteiger partial charge < -0.3 is 20.5 Å². The molecule has 0 heterocycles. The van der Waals surface area contributed by atoms with E-state index in [0.717, 1.165) is 38.9 Å². The lowest BCUT2D eigenvalue weighted by atomic mass is 9.98. The first-order valence-electron chi connectivity index (χ1n) is 14.1. The number of ether oxygens (including phenoxy) is 2. The number of hydrogen-bond donors (Lipinski definition) is 2. The summed E-state index contributed by atoms with van der Waals surface area (Å²) in [5, 5.41) is 2.68. The predicted molar refractivity (Wildman–Crippen MR) is 164 cm³/mol. The van der Waals surface area contributed by atoms with Crippen LogP contribution in [-0.2, 0) is 25.6 Å². The Morgan fingerprint density at radius 2 is 1.37 bits per heavy atom. The number of carbonyl (C=O) groups is 3. The van der Waals surface area contributed by atoms with Gasteiger partial charge in [0, 0.05) is 35.6 Å². The third-order valence-electron chi connectivity index (χ3n) is 7.49. The number of nitrogens with one attached hydrogen (secondary N) is 1. The molecule has 0 spiro atoms. The predicted octanol–water partition coefficient (Wildman–Crippen LogP) is 4.95. The molecule has 3 N–H and O–H groups in total. The van der Waals surface area contributed by atoms with Gasteiger partial charge in [-0.25, -0.2) is 4.79 Å². The number of rotatable bonds is 9. The van der Waals surface area contributed by atoms with Crippen molar-refractivity contribution in [1.29, 1.82) is 0 Å². The van der Waals surface area contributed by atoms with Crippen LogP contribution in [0.3, 0.4) is 0 Å². The zero-order chi connectivity index (χ0) is 30.2. The van der Waals surface area contributed by atoms with E-state index in [1.54, 1.807) is 24.3 Å². The molecule has 43 heavy (non-hydrogen) atoms. The van der Waals surface area contributed by atoms with Crippen molar-refractivity contribution in [1.82, 2.24) is 5.32 Å². The van der Waals surface area contributed by atoms with Gasteiger partial charge in [0.25, 0.3) is 5.91 Å². The summed E-state index contributed by atoms with van der Waals surface area (Å²) in [6, 6.07) is 29.6. The van der Waals surface area contributed by atoms with Gasteiger partial charge in [-0.15, -0.1) is 0 Å². The topological polar surface area (TPSA) is 108 Å². The van der Waals surface area contributed by atoms with E-state index in [2.05, 4.69) is 41.4 Å². The Labute approximate surface area is 251 Å². The summed E-state index contributed by atoms with van der Waals surface area (Å²) < 4.78 is 10.5. The SMILES string of the molecule is COC(=O)[C@H](CCC(=O)OCC1c2ccccc2-c2ccccc21)NC(=O)c1ccc(C#Cc2ccc(CN)cc2)cc1. The minimum absolute atomic E-state index is 0.0432. The molecule has 1 aliphatic carbocycles. The van der Waals surface area contributed by atoms with E-state index in [4.69, 9.17) is 15.2 Å². The van der Waals surface area contributed by atoms with Crippen molar-refractivity contribution in [2.24, 2.45) is 5.73 Å². The maximum Gasteiger partial charge on any atom is 0.328 e. The highest BCUT2D eigenvalue weighted by atomic mass is 16.5. The number of hydrogen-bond acceptors (Lipinski definition) is 6. The molecule has 216 valence electrons. The van der Waals surface area contributed by atoms with Gasteiger partial charge in [-0.2, -0.15) is 0 Å². The number of carbonyl (C=O) groups excluding carboxylic acids is 3. The molecule has 7 nitrogen and oxygen atoms in total. The van der Waals surface area contributed by atoms with E-state index >= 15 is 0 Å². The molecule has 1 atom stereocenters. The van der Waals surface area contributed by atoms with Gasteiger partial charge in [-0.05, 0) is 70.6 Å². The van der Waals surface area contributed by atoms with Crippen LogP contribution < -0.4 is 11.1 Å². The number of methoxy groups -OCH3 is 1. The first-order valence-corrected chi connectivity index (χ1v) is 14.1. The fourth-order valence-corrected chi connectivity index (χ4v) is 5.16. The maximum absolute atomic E-state index is 12.9. The Hall–Kier alpha value is -5.19. The summed E-state index contributed by atoms with van der Waals surface area (Å²) in [5.41, 5.74) is 13.1. The number of amides is 1. The first kappa shape index (κ1) is 29.3. The van der Waals surface area contributed by atoms with Gasteiger partial charge in [0.05, 0.1) is 7.11 Å². The molecule has 0 saturated carbocycles. The van der Waals surface area contributed by atoms with Crippen molar-refractivity contribution < 1.29 is 23.9 Å². The van der Waals surface area contributed by atoms with Crippen molar-refractivity contribution in [3.8, 4) is 23.0 Å². The van der Waals surface area contributed by atoms with Gasteiger partial charge in [0.1, 0.15) is 12.6 Å². The highest BCUT2D eigenvalue weighted by Crippen LogP contribution is 2.44. The van der Waals surface area contributed by atoms with Crippen LogP contribution in [0.1, 0.15) is 56.9 Å². The molecule has 4 aromatic rings. The van der Waals surface area contributed by atoms with E-state index in [1.165, 1.54) is 7.11 Å². The molecule has 7 heteroatoms. The Kier molecular flexibility index (Phi) is 9.30. The second kappa shape index (κ2) is 13.6. The van der Waals surface area contributed by atoms with E-state index in [-0.39, 0.29) is 25.4 Å². The van der Waals surface area contributed by atoms with E-state index in [0.29, 0.717) is 12.1 Å². The molecule has 5 rings (SSSR count). The van der Waals surface area contributed by atoms with Crippen LogP contribution in [0.5, 0.6) is 0 Å². The van der Waals surface area contributed by atoms with Crippen molar-refractivity contribution in [2.75, 3.05) is 13.7 Å². The van der Waals surface area contributed by atoms with Crippen molar-refractivity contribution >= 4 is 17.8 Å². The largest absolute Gasteiger partial charge is 0.467 e. The highest BCUT2D eigenvalue weighted by Gasteiger charge is 2.29. The zero-order valence-electron chi connectivity index (χ0n) is 23.8. The van der Waals surface area contributed by atoms with Crippen LogP contribution in [0.15, 0.2) is 97.1 Å². The molecular formula is C36H32N2O5. The quantitative estimate of drug-likeness (QED) is 0.217. The Bertz CT molecular complexity index is 1640. The molecule has 0 fully saturated rings. The molecule has 0 bridgehead atoms. The average Bonchev–Trinajstić information content (AvgIpc) is 3.38. The van der Waals surface area contributed by atoms with Gasteiger partial charge in [-0.1, -0.05) is 72.5 Å². The number of nitrogens with two attached hydrogens (primary N) is 1. The van der Waals surface area contributed by atoms with Crippen LogP contribution in [0.2, 0.25) is 0 Å². The van der Waals surface area contributed by atoms with Crippen LogP contribution >= 0.6 is 0 Å². The lowest BCUT2D eigenvalue weighted by Crippen LogP contribution is -2.42. The summed E-state index contributed by atoms with van der Waals surface area (Å²) in [6.07, 6.45) is -0.0154. The number of benzene rings is 4. The third-order valence-corrected chi connectivity index (χ3v) is 7.49.